The Bertz CT molecular complexity index is 754. The molecule has 2 unspecified atom stereocenters. The molecule has 1 amide bonds. The van der Waals surface area contributed by atoms with Gasteiger partial charge in [0.15, 0.2) is 5.78 Å². The fourth-order valence-corrected chi connectivity index (χ4v) is 2.76. The molecule has 0 bridgehead atoms. The molecule has 1 heterocycles. The van der Waals surface area contributed by atoms with E-state index in [1.807, 2.05) is 30.3 Å². The van der Waals surface area contributed by atoms with Gasteiger partial charge in [0.25, 0.3) is 5.91 Å². The van der Waals surface area contributed by atoms with Crippen LogP contribution in [-0.2, 0) is 4.79 Å². The minimum atomic E-state index is -0.821. The molecule has 0 spiro atoms. The summed E-state index contributed by atoms with van der Waals surface area (Å²) in [5, 5.41) is 10.7. The highest BCUT2D eigenvalue weighted by atomic mass is 16.5. The Morgan fingerprint density at radius 3 is 2.35 bits per heavy atom. The summed E-state index contributed by atoms with van der Waals surface area (Å²) < 4.78 is 5.08. The Balaban J connectivity index is 1.95. The normalized spacial score (nSPS) is 20.2. The van der Waals surface area contributed by atoms with Crippen LogP contribution in [0.25, 0.3) is 0 Å². The monoisotopic (exact) mass is 308 g/mol. The zero-order chi connectivity index (χ0) is 16.4. The topological polar surface area (TPSA) is 79.2 Å². The number of hydrogen-bond donors (Lipinski definition) is 2. The lowest BCUT2D eigenvalue weighted by molar-refractivity contribution is -0.114. The second-order valence-electron chi connectivity index (χ2n) is 5.35. The molecular weight excluding hydrogens is 292 g/mol. The molecular formula is C18H16N2O3. The summed E-state index contributed by atoms with van der Waals surface area (Å²) in [6, 6.07) is 15.4. The van der Waals surface area contributed by atoms with E-state index in [9.17, 15) is 9.59 Å². The molecule has 3 rings (SSSR count). The summed E-state index contributed by atoms with van der Waals surface area (Å²) in [5.41, 5.74) is 1.08. The molecule has 5 nitrogen and oxygen atoms in total. The number of methoxy groups -OCH3 is 1. The number of rotatable bonds is 4. The molecule has 23 heavy (non-hydrogen) atoms. The van der Waals surface area contributed by atoms with Crippen molar-refractivity contribution in [1.82, 2.24) is 5.32 Å². The Hall–Kier alpha value is -2.95. The van der Waals surface area contributed by atoms with Gasteiger partial charge in [-0.05, 0) is 29.8 Å². The van der Waals surface area contributed by atoms with Crippen molar-refractivity contribution in [3.63, 3.8) is 0 Å². The van der Waals surface area contributed by atoms with Crippen molar-refractivity contribution in [3.8, 4) is 5.75 Å². The van der Waals surface area contributed by atoms with Crippen LogP contribution < -0.4 is 10.1 Å². The molecule has 1 fully saturated rings. The van der Waals surface area contributed by atoms with E-state index in [-0.39, 0.29) is 11.5 Å². The molecule has 1 saturated heterocycles. The fourth-order valence-electron chi connectivity index (χ4n) is 2.76. The van der Waals surface area contributed by atoms with Crippen LogP contribution in [0, 0.1) is 11.3 Å². The molecule has 1 aliphatic heterocycles. The Morgan fingerprint density at radius 2 is 1.74 bits per heavy atom. The lowest BCUT2D eigenvalue weighted by Gasteiger charge is -2.18. The van der Waals surface area contributed by atoms with E-state index in [0.717, 1.165) is 5.56 Å². The molecule has 5 heteroatoms. The maximum atomic E-state index is 12.8. The van der Waals surface area contributed by atoms with Gasteiger partial charge in [0.05, 0.1) is 19.1 Å². The fraction of sp³-hybridized carbons (Fsp3) is 0.167. The van der Waals surface area contributed by atoms with Crippen molar-refractivity contribution in [2.75, 3.05) is 7.11 Å². The van der Waals surface area contributed by atoms with E-state index in [1.165, 1.54) is 0 Å². The predicted octanol–water partition coefficient (Wildman–Crippen LogP) is 2.38. The van der Waals surface area contributed by atoms with Gasteiger partial charge in [0.2, 0.25) is 0 Å². The van der Waals surface area contributed by atoms with E-state index in [1.54, 1.807) is 31.4 Å². The number of amides is 1. The summed E-state index contributed by atoms with van der Waals surface area (Å²) in [6.45, 7) is 0. The van der Waals surface area contributed by atoms with Crippen LogP contribution in [0.1, 0.15) is 22.0 Å². The van der Waals surface area contributed by atoms with E-state index in [2.05, 4.69) is 5.32 Å². The Morgan fingerprint density at radius 1 is 1.09 bits per heavy atom. The summed E-state index contributed by atoms with van der Waals surface area (Å²) in [4.78, 5) is 24.7. The van der Waals surface area contributed by atoms with Crippen LogP contribution in [-0.4, -0.2) is 24.5 Å². The van der Waals surface area contributed by atoms with Gasteiger partial charge in [-0.1, -0.05) is 30.3 Å². The van der Waals surface area contributed by atoms with Gasteiger partial charge < -0.3 is 10.1 Å². The van der Waals surface area contributed by atoms with Gasteiger partial charge in [0.1, 0.15) is 11.5 Å². The molecule has 2 N–H and O–H groups in total. The lowest BCUT2D eigenvalue weighted by atomic mass is 9.86. The van der Waals surface area contributed by atoms with Gasteiger partial charge in [0, 0.05) is 5.56 Å². The smallest absolute Gasteiger partial charge is 0.266 e. The minimum absolute atomic E-state index is 0.195. The second kappa shape index (κ2) is 6.04. The molecule has 0 aromatic heterocycles. The molecule has 2 aromatic rings. The highest BCUT2D eigenvalue weighted by Crippen LogP contribution is 2.31. The van der Waals surface area contributed by atoms with Crippen LogP contribution >= 0.6 is 0 Å². The molecule has 2 atom stereocenters. The molecule has 0 saturated carbocycles. The molecule has 1 aliphatic rings. The van der Waals surface area contributed by atoms with Crippen LogP contribution in [0.4, 0.5) is 0 Å². The number of ketones is 1. The van der Waals surface area contributed by atoms with Gasteiger partial charge >= 0.3 is 0 Å². The number of carbonyl (C=O) groups is 2. The van der Waals surface area contributed by atoms with E-state index in [4.69, 9.17) is 10.1 Å². The average molecular weight is 308 g/mol. The predicted molar refractivity (Wildman–Crippen MR) is 85.9 cm³/mol. The Labute approximate surface area is 133 Å². The highest BCUT2D eigenvalue weighted by Gasteiger charge is 2.43. The van der Waals surface area contributed by atoms with Gasteiger partial charge in [-0.15, -0.1) is 0 Å². The number of carbonyl (C=O) groups excluding carboxylic acids is 2. The first-order valence-electron chi connectivity index (χ1n) is 7.24. The third-order valence-electron chi connectivity index (χ3n) is 3.99. The maximum Gasteiger partial charge on any atom is 0.266 e. The van der Waals surface area contributed by atoms with Gasteiger partial charge in [-0.25, -0.2) is 0 Å². The maximum absolute atomic E-state index is 12.8. The third kappa shape index (κ3) is 2.73. The standard InChI is InChI=1S/C18H16N2O3/c1-23-13-9-7-12(8-10-13)17(21)14-15(19)18(22)20-16(14)11-5-3-2-4-6-11/h2-10,14,16,19H,1H3,(H,20,22). The summed E-state index contributed by atoms with van der Waals surface area (Å²) in [5.74, 6) is -0.911. The Kier molecular flexibility index (Phi) is 3.93. The van der Waals surface area contributed by atoms with Crippen molar-refractivity contribution in [1.29, 1.82) is 5.41 Å². The van der Waals surface area contributed by atoms with Crippen LogP contribution in [0.5, 0.6) is 5.75 Å². The van der Waals surface area contributed by atoms with Gasteiger partial charge in [-0.3, -0.25) is 15.0 Å². The molecule has 116 valence electrons. The lowest BCUT2D eigenvalue weighted by Crippen LogP contribution is -2.26. The first-order chi connectivity index (χ1) is 11.1. The van der Waals surface area contributed by atoms with E-state index >= 15 is 0 Å². The third-order valence-corrected chi connectivity index (χ3v) is 3.99. The zero-order valence-corrected chi connectivity index (χ0v) is 12.6. The quantitative estimate of drug-likeness (QED) is 0.851. The van der Waals surface area contributed by atoms with Crippen LogP contribution in [0.2, 0.25) is 0 Å². The average Bonchev–Trinajstić information content (AvgIpc) is 2.90. The first-order valence-corrected chi connectivity index (χ1v) is 7.24. The van der Waals surface area contributed by atoms with Crippen molar-refractivity contribution >= 4 is 17.4 Å². The van der Waals surface area contributed by atoms with Crippen molar-refractivity contribution in [2.24, 2.45) is 5.92 Å². The van der Waals surface area contributed by atoms with E-state index < -0.39 is 17.9 Å². The van der Waals surface area contributed by atoms with Crippen molar-refractivity contribution in [3.05, 3.63) is 65.7 Å². The minimum Gasteiger partial charge on any atom is -0.497 e. The molecule has 2 aromatic carbocycles. The summed E-state index contributed by atoms with van der Waals surface area (Å²) in [6.07, 6.45) is 0. The number of Topliss-reactive ketones (excluding diaryl/α,β-unsaturated/α-hetero) is 1. The number of hydrogen-bond acceptors (Lipinski definition) is 4. The van der Waals surface area contributed by atoms with Gasteiger partial charge in [-0.2, -0.15) is 0 Å². The number of nitrogens with one attached hydrogen (secondary N) is 2. The first kappa shape index (κ1) is 15.0. The summed E-state index contributed by atoms with van der Waals surface area (Å²) in [7, 11) is 1.55. The SMILES string of the molecule is COc1ccc(C(=O)C2C(=N)C(=O)NC2c2ccccc2)cc1. The van der Waals surface area contributed by atoms with Crippen LogP contribution in [0.3, 0.4) is 0 Å². The van der Waals surface area contributed by atoms with E-state index in [0.29, 0.717) is 11.3 Å². The zero-order valence-electron chi connectivity index (χ0n) is 12.6. The highest BCUT2D eigenvalue weighted by molar-refractivity contribution is 6.45. The molecule has 0 aliphatic carbocycles. The van der Waals surface area contributed by atoms with Crippen molar-refractivity contribution < 1.29 is 14.3 Å². The number of ether oxygens (including phenoxy) is 1. The second-order valence-corrected chi connectivity index (χ2v) is 5.35. The van der Waals surface area contributed by atoms with Crippen LogP contribution in [0.15, 0.2) is 54.6 Å². The largest absolute Gasteiger partial charge is 0.497 e. The summed E-state index contributed by atoms with van der Waals surface area (Å²) >= 11 is 0. The van der Waals surface area contributed by atoms with Crippen molar-refractivity contribution in [2.45, 2.75) is 6.04 Å². The number of benzene rings is 2. The molecule has 0 radical (unpaired) electrons.